The smallest absolute Gasteiger partial charge is 0.370 e. The zero-order valence-electron chi connectivity index (χ0n) is 12.7. The Hall–Kier alpha value is -2.42. The highest BCUT2D eigenvalue weighted by Gasteiger charge is 2.31. The molecule has 0 spiro atoms. The van der Waals surface area contributed by atoms with Gasteiger partial charge in [0.1, 0.15) is 6.61 Å². The van der Waals surface area contributed by atoms with Crippen LogP contribution in [-0.2, 0) is 13.7 Å². The van der Waals surface area contributed by atoms with E-state index in [1.807, 2.05) is 0 Å². The van der Waals surface area contributed by atoms with Gasteiger partial charge in [-0.15, -0.1) is 4.68 Å². The van der Waals surface area contributed by atoms with E-state index in [0.29, 0.717) is 17.0 Å². The number of aryl methyl sites for hydroxylation is 1. The van der Waals surface area contributed by atoms with Crippen LogP contribution in [0.1, 0.15) is 31.3 Å². The van der Waals surface area contributed by atoms with Crippen molar-refractivity contribution < 1.29 is 10.5 Å². The maximum absolute atomic E-state index is 12.1. The van der Waals surface area contributed by atoms with E-state index in [4.69, 9.17) is 10.5 Å². The molecular weight excluding hydrogens is 306 g/mol. The van der Waals surface area contributed by atoms with Crippen LogP contribution in [0.5, 0.6) is 5.19 Å². The zero-order chi connectivity index (χ0) is 16.0. The van der Waals surface area contributed by atoms with Crippen molar-refractivity contribution in [1.82, 2.24) is 24.8 Å². The first-order valence-electron chi connectivity index (χ1n) is 7.28. The summed E-state index contributed by atoms with van der Waals surface area (Å²) in [6, 6.07) is 0. The fraction of sp³-hybridized carbons (Fsp3) is 0.385. The van der Waals surface area contributed by atoms with Gasteiger partial charge in [-0.1, -0.05) is 11.3 Å². The summed E-state index contributed by atoms with van der Waals surface area (Å²) in [4.78, 5) is 16.0. The van der Waals surface area contributed by atoms with Gasteiger partial charge in [-0.05, 0) is 29.2 Å². The Bertz CT molecular complexity index is 907. The highest BCUT2D eigenvalue weighted by Crippen LogP contribution is 2.43. The van der Waals surface area contributed by atoms with Crippen molar-refractivity contribution in [2.45, 2.75) is 25.4 Å². The monoisotopic (exact) mass is 321 g/mol. The molecule has 0 radical (unpaired) electrons. The lowest BCUT2D eigenvalue weighted by Gasteiger charge is -2.05. The molecular formula is C13H13N5O3S. The van der Waals surface area contributed by atoms with Gasteiger partial charge in [0, 0.05) is 24.2 Å². The summed E-state index contributed by atoms with van der Waals surface area (Å²) in [6.45, 7) is 0.202. The summed E-state index contributed by atoms with van der Waals surface area (Å²) in [7, 11) is 1.53. The average molecular weight is 321 g/mol. The van der Waals surface area contributed by atoms with Crippen LogP contribution in [0.25, 0.3) is 5.88 Å². The van der Waals surface area contributed by atoms with Gasteiger partial charge < -0.3 is 9.15 Å². The minimum Gasteiger partial charge on any atom is -0.465 e. The molecule has 0 aromatic carbocycles. The molecule has 3 aromatic heterocycles. The van der Waals surface area contributed by atoms with Crippen LogP contribution in [0.3, 0.4) is 0 Å². The van der Waals surface area contributed by atoms with Gasteiger partial charge in [0.25, 0.3) is 5.19 Å². The minimum atomic E-state index is -0.384. The van der Waals surface area contributed by atoms with Crippen molar-refractivity contribution in [1.29, 1.82) is 0 Å². The van der Waals surface area contributed by atoms with Gasteiger partial charge in [-0.25, -0.2) is 9.78 Å². The van der Waals surface area contributed by atoms with Crippen LogP contribution in [0.2, 0.25) is 0 Å². The number of nitrogens with zero attached hydrogens (tertiary/aromatic N) is 5. The van der Waals surface area contributed by atoms with Gasteiger partial charge in [0.05, 0.1) is 13.2 Å². The Morgan fingerprint density at radius 1 is 1.55 bits per heavy atom. The Kier molecular flexibility index (Phi) is 2.81. The van der Waals surface area contributed by atoms with Crippen molar-refractivity contribution in [2.75, 3.05) is 0 Å². The van der Waals surface area contributed by atoms with Crippen LogP contribution < -0.4 is 10.4 Å². The van der Waals surface area contributed by atoms with E-state index in [-0.39, 0.29) is 18.5 Å². The van der Waals surface area contributed by atoms with Gasteiger partial charge in [0.15, 0.2) is 0 Å². The summed E-state index contributed by atoms with van der Waals surface area (Å²) in [5, 5.41) is 9.54. The third kappa shape index (κ3) is 2.23. The number of tetrazole rings is 1. The van der Waals surface area contributed by atoms with Crippen molar-refractivity contribution >= 4 is 11.3 Å². The van der Waals surface area contributed by atoms with Crippen molar-refractivity contribution in [2.24, 2.45) is 7.05 Å². The van der Waals surface area contributed by atoms with Crippen molar-refractivity contribution in [3.05, 3.63) is 39.4 Å². The number of thiazole rings is 1. The number of ether oxygens (including phenoxy) is 1. The summed E-state index contributed by atoms with van der Waals surface area (Å²) in [5.41, 5.74) is 1.42. The van der Waals surface area contributed by atoms with Gasteiger partial charge in [-0.3, -0.25) is 0 Å². The SMILES string of the molecule is [3H]c1csc(OCc2c(C3CC3)coc2-n2nnn(C)c2=O)n1. The predicted octanol–water partition coefficient (Wildman–Crippen LogP) is 1.47. The largest absolute Gasteiger partial charge is 0.465 e. The second-order valence-electron chi connectivity index (χ2n) is 5.08. The van der Waals surface area contributed by atoms with Gasteiger partial charge in [0.2, 0.25) is 5.88 Å². The molecule has 0 unspecified atom stereocenters. The molecule has 1 saturated carbocycles. The molecule has 3 heterocycles. The standard InChI is InChI=1S/C13H13N5O3S/c1-17-13(19)18(16-15-17)11-10(7-21-12-14-4-5-22-12)9(6-20-11)8-2-3-8/h4-6,8H,2-3,7H2,1H3/i4T. The maximum Gasteiger partial charge on any atom is 0.370 e. The topological polar surface area (TPSA) is 88.0 Å². The molecule has 4 rings (SSSR count). The third-order valence-electron chi connectivity index (χ3n) is 3.54. The van der Waals surface area contributed by atoms with E-state index in [0.717, 1.165) is 33.3 Å². The fourth-order valence-corrected chi connectivity index (χ4v) is 2.71. The Morgan fingerprint density at radius 2 is 2.41 bits per heavy atom. The highest BCUT2D eigenvalue weighted by atomic mass is 32.1. The van der Waals surface area contributed by atoms with E-state index in [1.165, 1.54) is 18.4 Å². The molecule has 0 N–H and O–H groups in total. The van der Waals surface area contributed by atoms with Gasteiger partial charge in [-0.2, -0.15) is 4.68 Å². The van der Waals surface area contributed by atoms with Crippen LogP contribution >= 0.6 is 11.3 Å². The highest BCUT2D eigenvalue weighted by molar-refractivity contribution is 7.11. The number of hydrogen-bond acceptors (Lipinski definition) is 7. The van der Waals surface area contributed by atoms with Crippen LogP contribution in [-0.4, -0.2) is 24.8 Å². The molecule has 0 saturated heterocycles. The lowest BCUT2D eigenvalue weighted by molar-refractivity contribution is 0.301. The van der Waals surface area contributed by atoms with E-state index in [2.05, 4.69) is 15.4 Å². The first-order chi connectivity index (χ1) is 11.1. The van der Waals surface area contributed by atoms with Crippen molar-refractivity contribution in [3.63, 3.8) is 0 Å². The number of aromatic nitrogens is 5. The summed E-state index contributed by atoms with van der Waals surface area (Å²) in [6.07, 6.45) is 4.01. The number of furan rings is 1. The summed E-state index contributed by atoms with van der Waals surface area (Å²) >= 11 is 1.26. The normalized spacial score (nSPS) is 15.0. The maximum atomic E-state index is 12.1. The first kappa shape index (κ1) is 12.2. The van der Waals surface area contributed by atoms with Crippen molar-refractivity contribution in [3.8, 4) is 11.1 Å². The average Bonchev–Trinajstić information content (AvgIpc) is 3.03. The second kappa shape index (κ2) is 5.09. The molecule has 0 aliphatic heterocycles. The van der Waals surface area contributed by atoms with Crippen LogP contribution in [0.15, 0.2) is 27.0 Å². The summed E-state index contributed by atoms with van der Waals surface area (Å²) < 4.78 is 20.9. The fourth-order valence-electron chi connectivity index (χ4n) is 2.27. The molecule has 1 aliphatic carbocycles. The molecule has 0 amide bonds. The third-order valence-corrected chi connectivity index (χ3v) is 4.18. The molecule has 1 aliphatic rings. The molecule has 3 aromatic rings. The molecule has 1 fully saturated rings. The van der Waals surface area contributed by atoms with Crippen LogP contribution in [0.4, 0.5) is 0 Å². The number of rotatable bonds is 5. The molecule has 114 valence electrons. The van der Waals surface area contributed by atoms with E-state index >= 15 is 0 Å². The minimum absolute atomic E-state index is 0.171. The number of hydrogen-bond donors (Lipinski definition) is 0. The lowest BCUT2D eigenvalue weighted by atomic mass is 10.1. The molecule has 0 atom stereocenters. The molecule has 9 heteroatoms. The molecule has 0 bridgehead atoms. The van der Waals surface area contributed by atoms with E-state index in [9.17, 15) is 4.79 Å². The van der Waals surface area contributed by atoms with E-state index < -0.39 is 0 Å². The lowest BCUT2D eigenvalue weighted by Crippen LogP contribution is -2.22. The first-order valence-corrected chi connectivity index (χ1v) is 7.66. The molecule has 8 nitrogen and oxygen atoms in total. The summed E-state index contributed by atoms with van der Waals surface area (Å²) in [5.74, 6) is 0.758. The Morgan fingerprint density at radius 3 is 3.05 bits per heavy atom. The van der Waals surface area contributed by atoms with E-state index in [1.54, 1.807) is 11.6 Å². The quantitative estimate of drug-likeness (QED) is 0.707. The molecule has 22 heavy (non-hydrogen) atoms. The Balaban J connectivity index is 1.69. The van der Waals surface area contributed by atoms with Crippen LogP contribution in [0, 0.1) is 0 Å². The predicted molar refractivity (Wildman–Crippen MR) is 77.3 cm³/mol. The second-order valence-corrected chi connectivity index (χ2v) is 5.90. The van der Waals surface area contributed by atoms with Gasteiger partial charge >= 0.3 is 5.69 Å². The Labute approximate surface area is 130 Å². The zero-order valence-corrected chi connectivity index (χ0v) is 12.5.